The van der Waals surface area contributed by atoms with Gasteiger partial charge in [0.1, 0.15) is 5.82 Å². The summed E-state index contributed by atoms with van der Waals surface area (Å²) in [7, 11) is -3.94. The van der Waals surface area contributed by atoms with Gasteiger partial charge >= 0.3 is 5.97 Å². The summed E-state index contributed by atoms with van der Waals surface area (Å²) in [4.78, 5) is 13.5. The van der Waals surface area contributed by atoms with Gasteiger partial charge in [0.15, 0.2) is 0 Å². The number of morpholine rings is 1. The van der Waals surface area contributed by atoms with Crippen LogP contribution in [0, 0.1) is 5.82 Å². The van der Waals surface area contributed by atoms with Crippen LogP contribution < -0.4 is 9.62 Å². The number of hydrogen-bond acceptors (Lipinski definition) is 6. The maximum absolute atomic E-state index is 14.7. The Morgan fingerprint density at radius 1 is 1.17 bits per heavy atom. The lowest BCUT2D eigenvalue weighted by molar-refractivity contribution is -0.00539. The second-order valence-electron chi connectivity index (χ2n) is 7.18. The predicted molar refractivity (Wildman–Crippen MR) is 112 cm³/mol. The molecule has 3 rings (SSSR count). The van der Waals surface area contributed by atoms with E-state index in [1.807, 2.05) is 18.7 Å². The second kappa shape index (κ2) is 9.01. The summed E-state index contributed by atoms with van der Waals surface area (Å²) in [6.45, 7) is 6.88. The van der Waals surface area contributed by atoms with Crippen LogP contribution in [0.5, 0.6) is 0 Å². The highest BCUT2D eigenvalue weighted by atomic mass is 32.2. The van der Waals surface area contributed by atoms with Crippen LogP contribution in [0.25, 0.3) is 0 Å². The standard InChI is InChI=1S/C21H25FN2O5S/c1-4-28-21(25)16-5-8-18(9-6-16)30(26,27)23-17-7-10-20(19(22)11-17)24-12-14(2)29-15(3)13-24/h5-11,14-15,23H,4,12-13H2,1-3H3/t14-,15-/m0/s1. The summed E-state index contributed by atoms with van der Waals surface area (Å²) in [6, 6.07) is 9.58. The topological polar surface area (TPSA) is 84.9 Å². The fourth-order valence-corrected chi connectivity index (χ4v) is 4.45. The minimum absolute atomic E-state index is 0.0242. The third kappa shape index (κ3) is 5.09. The molecule has 0 unspecified atom stereocenters. The summed E-state index contributed by atoms with van der Waals surface area (Å²) in [5, 5.41) is 0. The monoisotopic (exact) mass is 436 g/mol. The van der Waals surface area contributed by atoms with E-state index in [4.69, 9.17) is 9.47 Å². The van der Waals surface area contributed by atoms with E-state index >= 15 is 0 Å². The van der Waals surface area contributed by atoms with Crippen LogP contribution in [0.2, 0.25) is 0 Å². The Bertz CT molecular complexity index is 1000. The summed E-state index contributed by atoms with van der Waals surface area (Å²) in [5.41, 5.74) is 0.763. The van der Waals surface area contributed by atoms with Crippen molar-refractivity contribution in [3.8, 4) is 0 Å². The quantitative estimate of drug-likeness (QED) is 0.699. The van der Waals surface area contributed by atoms with Gasteiger partial charge in [-0.05, 0) is 57.2 Å². The first-order chi connectivity index (χ1) is 14.2. The molecule has 1 aliphatic rings. The molecule has 2 aromatic rings. The number of halogens is 1. The number of anilines is 2. The highest BCUT2D eigenvalue weighted by Gasteiger charge is 2.25. The summed E-state index contributed by atoms with van der Waals surface area (Å²) in [6.07, 6.45) is -0.0483. The van der Waals surface area contributed by atoms with Crippen LogP contribution in [0.15, 0.2) is 47.4 Å². The fourth-order valence-electron chi connectivity index (χ4n) is 3.40. The molecule has 1 aliphatic heterocycles. The third-order valence-electron chi connectivity index (χ3n) is 4.64. The minimum Gasteiger partial charge on any atom is -0.462 e. The molecule has 30 heavy (non-hydrogen) atoms. The van der Waals surface area contributed by atoms with Gasteiger partial charge in [-0.25, -0.2) is 17.6 Å². The van der Waals surface area contributed by atoms with Crippen molar-refractivity contribution in [2.24, 2.45) is 0 Å². The Labute approximate surface area is 175 Å². The molecule has 9 heteroatoms. The average molecular weight is 437 g/mol. The summed E-state index contributed by atoms with van der Waals surface area (Å²) >= 11 is 0. The Morgan fingerprint density at radius 3 is 2.37 bits per heavy atom. The maximum Gasteiger partial charge on any atom is 0.338 e. The number of sulfonamides is 1. The molecule has 0 aromatic heterocycles. The lowest BCUT2D eigenvalue weighted by Crippen LogP contribution is -2.45. The number of rotatable bonds is 6. The van der Waals surface area contributed by atoms with Crippen molar-refractivity contribution in [1.82, 2.24) is 0 Å². The maximum atomic E-state index is 14.7. The minimum atomic E-state index is -3.94. The van der Waals surface area contributed by atoms with Crippen molar-refractivity contribution in [2.45, 2.75) is 37.9 Å². The van der Waals surface area contributed by atoms with E-state index < -0.39 is 21.8 Å². The molecule has 0 bridgehead atoms. The molecule has 1 fully saturated rings. The van der Waals surface area contributed by atoms with Crippen molar-refractivity contribution in [3.63, 3.8) is 0 Å². The Balaban J connectivity index is 1.75. The van der Waals surface area contributed by atoms with Gasteiger partial charge < -0.3 is 14.4 Å². The molecule has 162 valence electrons. The molecule has 0 spiro atoms. The van der Waals surface area contributed by atoms with E-state index in [0.29, 0.717) is 18.8 Å². The smallest absolute Gasteiger partial charge is 0.338 e. The van der Waals surface area contributed by atoms with Crippen molar-refractivity contribution >= 4 is 27.4 Å². The predicted octanol–water partition coefficient (Wildman–Crippen LogP) is 3.42. The van der Waals surface area contributed by atoms with Crippen LogP contribution >= 0.6 is 0 Å². The van der Waals surface area contributed by atoms with Crippen LogP contribution in [0.4, 0.5) is 15.8 Å². The van der Waals surface area contributed by atoms with Gasteiger partial charge in [-0.1, -0.05) is 0 Å². The molecule has 7 nitrogen and oxygen atoms in total. The largest absolute Gasteiger partial charge is 0.462 e. The lowest BCUT2D eigenvalue weighted by Gasteiger charge is -2.37. The van der Waals surface area contributed by atoms with E-state index in [1.54, 1.807) is 13.0 Å². The summed E-state index contributed by atoms with van der Waals surface area (Å²) < 4.78 is 52.9. The number of carbonyl (C=O) groups is 1. The molecular weight excluding hydrogens is 411 g/mol. The zero-order valence-electron chi connectivity index (χ0n) is 17.1. The molecule has 0 radical (unpaired) electrons. The first kappa shape index (κ1) is 22.0. The van der Waals surface area contributed by atoms with E-state index in [-0.39, 0.29) is 35.0 Å². The van der Waals surface area contributed by atoms with Gasteiger partial charge in [0, 0.05) is 19.2 Å². The SMILES string of the molecule is CCOC(=O)c1ccc(S(=O)(=O)Nc2ccc(N3C[C@H](C)O[C@@H](C)C3)c(F)c2)cc1. The van der Waals surface area contributed by atoms with Crippen LogP contribution in [0.1, 0.15) is 31.1 Å². The first-order valence-electron chi connectivity index (χ1n) is 9.69. The van der Waals surface area contributed by atoms with Gasteiger partial charge in [0.05, 0.1) is 40.6 Å². The summed E-state index contributed by atoms with van der Waals surface area (Å²) in [5.74, 6) is -1.05. The highest BCUT2D eigenvalue weighted by molar-refractivity contribution is 7.92. The van der Waals surface area contributed by atoms with Crippen molar-refractivity contribution < 1.29 is 27.1 Å². The van der Waals surface area contributed by atoms with Gasteiger partial charge in [-0.2, -0.15) is 0 Å². The van der Waals surface area contributed by atoms with E-state index in [2.05, 4.69) is 4.72 Å². The van der Waals surface area contributed by atoms with Crippen molar-refractivity contribution in [2.75, 3.05) is 29.3 Å². The van der Waals surface area contributed by atoms with E-state index in [9.17, 15) is 17.6 Å². The number of hydrogen-bond donors (Lipinski definition) is 1. The van der Waals surface area contributed by atoms with Gasteiger partial charge in [-0.3, -0.25) is 4.72 Å². The van der Waals surface area contributed by atoms with E-state index in [1.165, 1.54) is 30.3 Å². The Hall–Kier alpha value is -2.65. The van der Waals surface area contributed by atoms with Gasteiger partial charge in [-0.15, -0.1) is 0 Å². The normalized spacial score (nSPS) is 19.4. The third-order valence-corrected chi connectivity index (χ3v) is 6.03. The molecule has 0 amide bonds. The Kier molecular flexibility index (Phi) is 6.62. The zero-order chi connectivity index (χ0) is 21.9. The molecule has 1 saturated heterocycles. The number of esters is 1. The number of benzene rings is 2. The zero-order valence-corrected chi connectivity index (χ0v) is 17.9. The lowest BCUT2D eigenvalue weighted by atomic mass is 10.2. The van der Waals surface area contributed by atoms with Crippen LogP contribution in [-0.2, 0) is 19.5 Å². The van der Waals surface area contributed by atoms with Crippen molar-refractivity contribution in [3.05, 3.63) is 53.8 Å². The molecule has 0 aliphatic carbocycles. The second-order valence-corrected chi connectivity index (χ2v) is 8.86. The average Bonchev–Trinajstić information content (AvgIpc) is 2.67. The van der Waals surface area contributed by atoms with Gasteiger partial charge in [0.25, 0.3) is 10.0 Å². The van der Waals surface area contributed by atoms with E-state index in [0.717, 1.165) is 6.07 Å². The molecule has 1 heterocycles. The number of nitrogens with zero attached hydrogens (tertiary/aromatic N) is 1. The van der Waals surface area contributed by atoms with Gasteiger partial charge in [0.2, 0.25) is 0 Å². The molecule has 2 atom stereocenters. The number of ether oxygens (including phenoxy) is 2. The molecule has 2 aromatic carbocycles. The fraction of sp³-hybridized carbons (Fsp3) is 0.381. The Morgan fingerprint density at radius 2 is 1.80 bits per heavy atom. The van der Waals surface area contributed by atoms with Crippen LogP contribution in [-0.4, -0.2) is 46.3 Å². The number of carbonyl (C=O) groups excluding carboxylic acids is 1. The van der Waals surface area contributed by atoms with Crippen LogP contribution in [0.3, 0.4) is 0 Å². The van der Waals surface area contributed by atoms with Crippen molar-refractivity contribution in [1.29, 1.82) is 0 Å². The first-order valence-corrected chi connectivity index (χ1v) is 11.2. The number of nitrogens with one attached hydrogen (secondary N) is 1. The molecular formula is C21H25FN2O5S. The molecule has 1 N–H and O–H groups in total. The molecule has 0 saturated carbocycles. The highest BCUT2D eigenvalue weighted by Crippen LogP contribution is 2.27.